The molecule has 3 N–H and O–H groups in total. The van der Waals surface area contributed by atoms with E-state index in [0.29, 0.717) is 30.6 Å². The van der Waals surface area contributed by atoms with Crippen LogP contribution in [0.4, 0.5) is 23.7 Å². The van der Waals surface area contributed by atoms with Crippen molar-refractivity contribution in [1.82, 2.24) is 9.62 Å². The molecule has 0 spiro atoms. The number of alkyl halides is 3. The number of nitrogens with zero attached hydrogens (tertiary/aromatic N) is 1. The minimum atomic E-state index is -4.38. The second-order valence-corrected chi connectivity index (χ2v) is 9.06. The van der Waals surface area contributed by atoms with Gasteiger partial charge in [-0.05, 0) is 54.8 Å². The Bertz CT molecular complexity index is 1010. The lowest BCUT2D eigenvalue weighted by Gasteiger charge is -2.24. The SMILES string of the molecule is O=C(O)NCC1CCCN1S(=O)(=O)c1ccc(NCc2ccc(C(F)(F)F)cc2)cc1. The average molecular weight is 457 g/mol. The Morgan fingerprint density at radius 2 is 1.74 bits per heavy atom. The fourth-order valence-corrected chi connectivity index (χ4v) is 5.12. The number of amides is 1. The molecule has 1 heterocycles. The molecule has 11 heteroatoms. The summed E-state index contributed by atoms with van der Waals surface area (Å²) < 4.78 is 65.0. The molecule has 1 amide bonds. The van der Waals surface area contributed by atoms with Crippen molar-refractivity contribution in [2.75, 3.05) is 18.4 Å². The monoisotopic (exact) mass is 457 g/mol. The molecule has 1 saturated heterocycles. The summed E-state index contributed by atoms with van der Waals surface area (Å²) in [6.45, 7) is 0.628. The third kappa shape index (κ3) is 5.67. The van der Waals surface area contributed by atoms with Gasteiger partial charge in [-0.1, -0.05) is 12.1 Å². The fraction of sp³-hybridized carbons (Fsp3) is 0.350. The first-order valence-corrected chi connectivity index (χ1v) is 11.0. The van der Waals surface area contributed by atoms with Gasteiger partial charge >= 0.3 is 12.3 Å². The van der Waals surface area contributed by atoms with Crippen molar-refractivity contribution < 1.29 is 31.5 Å². The molecule has 31 heavy (non-hydrogen) atoms. The Kier molecular flexibility index (Phi) is 6.75. The summed E-state index contributed by atoms with van der Waals surface area (Å²) in [4.78, 5) is 10.8. The van der Waals surface area contributed by atoms with Crippen LogP contribution in [0, 0.1) is 0 Å². The molecule has 0 saturated carbocycles. The van der Waals surface area contributed by atoms with Crippen LogP contribution in [-0.4, -0.2) is 43.1 Å². The highest BCUT2D eigenvalue weighted by Crippen LogP contribution is 2.29. The largest absolute Gasteiger partial charge is 0.465 e. The molecule has 2 aromatic carbocycles. The van der Waals surface area contributed by atoms with Gasteiger partial charge in [0.15, 0.2) is 0 Å². The van der Waals surface area contributed by atoms with Crippen LogP contribution in [-0.2, 0) is 22.7 Å². The number of hydrogen-bond donors (Lipinski definition) is 3. The number of sulfonamides is 1. The van der Waals surface area contributed by atoms with Crippen LogP contribution < -0.4 is 10.6 Å². The summed E-state index contributed by atoms with van der Waals surface area (Å²) in [7, 11) is -3.77. The van der Waals surface area contributed by atoms with E-state index >= 15 is 0 Å². The highest BCUT2D eigenvalue weighted by atomic mass is 32.2. The molecule has 1 aliphatic rings. The molecule has 1 fully saturated rings. The zero-order valence-electron chi connectivity index (χ0n) is 16.4. The molecule has 0 aromatic heterocycles. The fourth-order valence-electron chi connectivity index (χ4n) is 3.43. The molecule has 168 valence electrons. The first kappa shape index (κ1) is 22.9. The number of carboxylic acid groups (broad SMARTS) is 1. The van der Waals surface area contributed by atoms with Crippen molar-refractivity contribution in [3.8, 4) is 0 Å². The number of hydrogen-bond acceptors (Lipinski definition) is 4. The smallest absolute Gasteiger partial charge is 0.416 e. The van der Waals surface area contributed by atoms with Crippen LogP contribution in [0.15, 0.2) is 53.4 Å². The first-order valence-electron chi connectivity index (χ1n) is 9.56. The average Bonchev–Trinajstić information content (AvgIpc) is 3.20. The van der Waals surface area contributed by atoms with Crippen molar-refractivity contribution in [1.29, 1.82) is 0 Å². The number of carbonyl (C=O) groups is 1. The number of anilines is 1. The van der Waals surface area contributed by atoms with Crippen molar-refractivity contribution >= 4 is 21.8 Å². The molecule has 0 aliphatic carbocycles. The van der Waals surface area contributed by atoms with Crippen LogP contribution in [0.5, 0.6) is 0 Å². The number of halogens is 3. The lowest BCUT2D eigenvalue weighted by Crippen LogP contribution is -2.42. The summed E-state index contributed by atoms with van der Waals surface area (Å²) in [5, 5.41) is 14.0. The third-order valence-corrected chi connectivity index (χ3v) is 7.02. The van der Waals surface area contributed by atoms with Gasteiger partial charge in [0.05, 0.1) is 10.5 Å². The van der Waals surface area contributed by atoms with Crippen molar-refractivity contribution in [3.05, 3.63) is 59.7 Å². The Hall–Kier alpha value is -2.79. The molecule has 3 rings (SSSR count). The second-order valence-electron chi connectivity index (χ2n) is 7.17. The van der Waals surface area contributed by atoms with Crippen LogP contribution >= 0.6 is 0 Å². The van der Waals surface area contributed by atoms with E-state index in [-0.39, 0.29) is 18.0 Å². The van der Waals surface area contributed by atoms with Gasteiger partial charge < -0.3 is 15.7 Å². The maximum atomic E-state index is 12.9. The number of rotatable bonds is 7. The Morgan fingerprint density at radius 3 is 2.32 bits per heavy atom. The van der Waals surface area contributed by atoms with E-state index in [9.17, 15) is 26.4 Å². The predicted octanol–water partition coefficient (Wildman–Crippen LogP) is 3.74. The van der Waals surface area contributed by atoms with Gasteiger partial charge in [-0.2, -0.15) is 17.5 Å². The zero-order chi connectivity index (χ0) is 22.6. The third-order valence-electron chi connectivity index (χ3n) is 5.05. The number of benzene rings is 2. The predicted molar refractivity (Wildman–Crippen MR) is 108 cm³/mol. The summed E-state index contributed by atoms with van der Waals surface area (Å²) >= 11 is 0. The lowest BCUT2D eigenvalue weighted by molar-refractivity contribution is -0.137. The molecule has 2 aromatic rings. The molecule has 1 unspecified atom stereocenters. The van der Waals surface area contributed by atoms with E-state index in [1.54, 1.807) is 12.1 Å². The maximum Gasteiger partial charge on any atom is 0.416 e. The minimum absolute atomic E-state index is 0.0291. The van der Waals surface area contributed by atoms with E-state index in [4.69, 9.17) is 5.11 Å². The Labute approximate surface area is 177 Å². The van der Waals surface area contributed by atoms with Crippen LogP contribution in [0.25, 0.3) is 0 Å². The summed E-state index contributed by atoms with van der Waals surface area (Å²) in [5.74, 6) is 0. The lowest BCUT2D eigenvalue weighted by atomic mass is 10.1. The topological polar surface area (TPSA) is 98.7 Å². The van der Waals surface area contributed by atoms with Gasteiger partial charge in [0, 0.05) is 31.4 Å². The number of nitrogens with one attached hydrogen (secondary N) is 2. The molecular weight excluding hydrogens is 435 g/mol. The second kappa shape index (κ2) is 9.15. The Balaban J connectivity index is 1.63. The first-order chi connectivity index (χ1) is 14.6. The van der Waals surface area contributed by atoms with Crippen molar-refractivity contribution in [2.24, 2.45) is 0 Å². The van der Waals surface area contributed by atoms with Gasteiger partial charge in [-0.3, -0.25) is 0 Å². The molecule has 7 nitrogen and oxygen atoms in total. The van der Waals surface area contributed by atoms with E-state index < -0.39 is 33.9 Å². The highest BCUT2D eigenvalue weighted by molar-refractivity contribution is 7.89. The minimum Gasteiger partial charge on any atom is -0.465 e. The zero-order valence-corrected chi connectivity index (χ0v) is 17.2. The van der Waals surface area contributed by atoms with E-state index in [0.717, 1.165) is 12.1 Å². The maximum absolute atomic E-state index is 12.9. The van der Waals surface area contributed by atoms with Crippen molar-refractivity contribution in [3.63, 3.8) is 0 Å². The molecule has 0 bridgehead atoms. The quantitative estimate of drug-likeness (QED) is 0.588. The summed E-state index contributed by atoms with van der Waals surface area (Å²) in [6.07, 6.45) is -4.36. The van der Waals surface area contributed by atoms with E-state index in [1.807, 2.05) is 0 Å². The van der Waals surface area contributed by atoms with Gasteiger partial charge in [0.25, 0.3) is 0 Å². The van der Waals surface area contributed by atoms with Gasteiger partial charge in [-0.25, -0.2) is 13.2 Å². The van der Waals surface area contributed by atoms with Crippen LogP contribution in [0.3, 0.4) is 0 Å². The molecule has 1 aliphatic heterocycles. The van der Waals surface area contributed by atoms with Crippen LogP contribution in [0.2, 0.25) is 0 Å². The molecule has 1 atom stereocenters. The summed E-state index contributed by atoms with van der Waals surface area (Å²) in [6, 6.07) is 10.4. The highest BCUT2D eigenvalue weighted by Gasteiger charge is 2.35. The van der Waals surface area contributed by atoms with Gasteiger partial charge in [0.1, 0.15) is 0 Å². The van der Waals surface area contributed by atoms with Crippen LogP contribution in [0.1, 0.15) is 24.0 Å². The van der Waals surface area contributed by atoms with Gasteiger partial charge in [0.2, 0.25) is 10.0 Å². The molecular formula is C20H22F3N3O4S. The van der Waals surface area contributed by atoms with E-state index in [1.165, 1.54) is 28.6 Å². The van der Waals surface area contributed by atoms with Gasteiger partial charge in [-0.15, -0.1) is 0 Å². The normalized spacial score (nSPS) is 17.5. The Morgan fingerprint density at radius 1 is 1.10 bits per heavy atom. The summed E-state index contributed by atoms with van der Waals surface area (Å²) in [5.41, 5.74) is 0.546. The standard InChI is InChI=1S/C20H22F3N3O4S/c21-20(22,23)15-5-3-14(4-6-15)12-24-16-7-9-18(10-8-16)31(29,30)26-11-1-2-17(26)13-25-19(27)28/h3-10,17,24-25H,1-2,11-13H2,(H,27,28). The molecule has 0 radical (unpaired) electrons. The van der Waals surface area contributed by atoms with E-state index in [2.05, 4.69) is 10.6 Å². The van der Waals surface area contributed by atoms with Crippen molar-refractivity contribution in [2.45, 2.75) is 36.5 Å².